The molecule has 1 aromatic carbocycles. The minimum absolute atomic E-state index is 0.193. The molecule has 184 valence electrons. The zero-order valence-electron chi connectivity index (χ0n) is 19.9. The highest BCUT2D eigenvalue weighted by Crippen LogP contribution is 2.37. The molecule has 4 heterocycles. The predicted molar refractivity (Wildman–Crippen MR) is 137 cm³/mol. The molecule has 5 aromatic rings. The van der Waals surface area contributed by atoms with Crippen molar-refractivity contribution in [3.8, 4) is 28.6 Å². The van der Waals surface area contributed by atoms with Crippen LogP contribution in [0.1, 0.15) is 23.2 Å². The number of carboxylic acids is 1. The fourth-order valence-electron chi connectivity index (χ4n) is 4.01. The number of anilines is 2. The molecule has 0 aliphatic heterocycles. The first-order valence-electron chi connectivity index (χ1n) is 11.3. The van der Waals surface area contributed by atoms with Crippen molar-refractivity contribution in [3.63, 3.8) is 0 Å². The lowest BCUT2D eigenvalue weighted by molar-refractivity contribution is -0.136. The van der Waals surface area contributed by atoms with Gasteiger partial charge in [-0.3, -0.25) is 9.20 Å². The molecule has 0 bridgehead atoms. The third kappa shape index (κ3) is 4.62. The van der Waals surface area contributed by atoms with Gasteiger partial charge in [-0.2, -0.15) is 15.5 Å². The Hall–Kier alpha value is -4.69. The van der Waals surface area contributed by atoms with E-state index < -0.39 is 5.97 Å². The lowest BCUT2D eigenvalue weighted by Gasteiger charge is -2.17. The number of hydrogen-bond acceptors (Lipinski definition) is 8. The number of pyridine rings is 1. The largest absolute Gasteiger partial charge is 0.481 e. The van der Waals surface area contributed by atoms with Gasteiger partial charge in [-0.1, -0.05) is 18.3 Å². The van der Waals surface area contributed by atoms with Crippen molar-refractivity contribution < 1.29 is 14.3 Å². The van der Waals surface area contributed by atoms with Crippen molar-refractivity contribution >= 4 is 33.9 Å². The van der Waals surface area contributed by atoms with Gasteiger partial charge < -0.3 is 10.0 Å². The quantitative estimate of drug-likeness (QED) is 0.327. The van der Waals surface area contributed by atoms with Crippen LogP contribution in [0.5, 0.6) is 0 Å². The van der Waals surface area contributed by atoms with E-state index in [-0.39, 0.29) is 12.2 Å². The number of aliphatic carboxylic acids is 1. The number of aromatic nitrogens is 5. The number of imidazole rings is 1. The molecule has 5 rings (SSSR count). The van der Waals surface area contributed by atoms with Gasteiger partial charge in [0.25, 0.3) is 0 Å². The molecule has 0 amide bonds. The summed E-state index contributed by atoms with van der Waals surface area (Å²) >= 11 is 1.25. The van der Waals surface area contributed by atoms with Gasteiger partial charge in [0, 0.05) is 24.4 Å². The molecular weight excluding hydrogens is 493 g/mol. The van der Waals surface area contributed by atoms with Crippen molar-refractivity contribution in [3.05, 3.63) is 76.8 Å². The van der Waals surface area contributed by atoms with Crippen molar-refractivity contribution in [2.45, 2.75) is 19.8 Å². The van der Waals surface area contributed by atoms with E-state index >= 15 is 0 Å². The lowest BCUT2D eigenvalue weighted by Crippen LogP contribution is -2.13. The summed E-state index contributed by atoms with van der Waals surface area (Å²) < 4.78 is 15.4. The molecule has 37 heavy (non-hydrogen) atoms. The lowest BCUT2D eigenvalue weighted by atomic mass is 10.1. The fourth-order valence-corrected chi connectivity index (χ4v) is 4.86. The summed E-state index contributed by atoms with van der Waals surface area (Å²) in [7, 11) is 1.87. The average molecular weight is 514 g/mol. The zero-order valence-corrected chi connectivity index (χ0v) is 20.7. The van der Waals surface area contributed by atoms with Gasteiger partial charge in [-0.25, -0.2) is 14.4 Å². The highest BCUT2D eigenvalue weighted by molar-refractivity contribution is 7.16. The van der Waals surface area contributed by atoms with E-state index in [9.17, 15) is 14.4 Å². The number of carbonyl (C=O) groups is 1. The van der Waals surface area contributed by atoms with Gasteiger partial charge in [-0.15, -0.1) is 0 Å². The summed E-state index contributed by atoms with van der Waals surface area (Å²) in [5.74, 6) is -0.533. The van der Waals surface area contributed by atoms with Crippen LogP contribution >= 0.6 is 11.3 Å². The van der Waals surface area contributed by atoms with Gasteiger partial charge in [-0.05, 0) is 55.0 Å². The Labute approximate surface area is 215 Å². The average Bonchev–Trinajstić information content (AvgIpc) is 3.50. The van der Waals surface area contributed by atoms with E-state index in [1.165, 1.54) is 23.5 Å². The molecule has 0 spiro atoms. The molecule has 11 heteroatoms. The maximum absolute atomic E-state index is 13.4. The number of hydrogen-bond donors (Lipinski definition) is 1. The first-order chi connectivity index (χ1) is 17.9. The van der Waals surface area contributed by atoms with Gasteiger partial charge in [0.15, 0.2) is 5.13 Å². The van der Waals surface area contributed by atoms with E-state index in [2.05, 4.69) is 16.3 Å². The second-order valence-electron chi connectivity index (χ2n) is 8.21. The number of halogens is 1. The number of nitrogens with zero attached hydrogens (tertiary/aromatic N) is 7. The molecule has 0 aliphatic rings. The summed E-state index contributed by atoms with van der Waals surface area (Å²) in [6.07, 6.45) is 2.37. The number of fused-ring (bicyclic) bond motifs is 1. The van der Waals surface area contributed by atoms with E-state index in [4.69, 9.17) is 15.1 Å². The van der Waals surface area contributed by atoms with Crippen molar-refractivity contribution in [1.29, 1.82) is 5.26 Å². The summed E-state index contributed by atoms with van der Waals surface area (Å²) in [5, 5.41) is 27.5. The van der Waals surface area contributed by atoms with Crippen LogP contribution in [0.25, 0.3) is 28.2 Å². The third-order valence-corrected chi connectivity index (χ3v) is 6.82. The Morgan fingerprint density at radius 3 is 2.51 bits per heavy atom. The molecule has 0 atom stereocenters. The molecule has 0 unspecified atom stereocenters. The normalized spacial score (nSPS) is 11.0. The van der Waals surface area contributed by atoms with Gasteiger partial charge >= 0.3 is 5.97 Å². The van der Waals surface area contributed by atoms with Crippen LogP contribution in [0.4, 0.5) is 15.3 Å². The predicted octanol–water partition coefficient (Wildman–Crippen LogP) is 4.88. The molecular formula is C26H20FN7O2S. The van der Waals surface area contributed by atoms with Crippen LogP contribution in [-0.2, 0) is 17.6 Å². The maximum atomic E-state index is 13.4. The third-order valence-electron chi connectivity index (χ3n) is 5.79. The Kier molecular flexibility index (Phi) is 6.33. The van der Waals surface area contributed by atoms with Crippen molar-refractivity contribution in [1.82, 2.24) is 24.6 Å². The van der Waals surface area contributed by atoms with Crippen LogP contribution in [0.15, 0.2) is 54.7 Å². The summed E-state index contributed by atoms with van der Waals surface area (Å²) in [6.45, 7) is 2.01. The highest BCUT2D eigenvalue weighted by atomic mass is 32.1. The minimum Gasteiger partial charge on any atom is -0.481 e. The zero-order chi connectivity index (χ0) is 26.1. The second-order valence-corrected chi connectivity index (χ2v) is 9.19. The van der Waals surface area contributed by atoms with Crippen molar-refractivity contribution in [2.75, 3.05) is 11.9 Å². The van der Waals surface area contributed by atoms with E-state index in [0.29, 0.717) is 39.1 Å². The first-order valence-corrected chi connectivity index (χ1v) is 12.2. The Morgan fingerprint density at radius 2 is 1.86 bits per heavy atom. The molecule has 1 N–H and O–H groups in total. The van der Waals surface area contributed by atoms with Crippen LogP contribution in [0, 0.1) is 17.1 Å². The highest BCUT2D eigenvalue weighted by Gasteiger charge is 2.22. The number of rotatable bonds is 7. The van der Waals surface area contributed by atoms with E-state index in [0.717, 1.165) is 22.7 Å². The van der Waals surface area contributed by atoms with Crippen LogP contribution in [-0.4, -0.2) is 42.7 Å². The summed E-state index contributed by atoms with van der Waals surface area (Å²) in [6, 6.07) is 15.3. The number of nitriles is 1. The van der Waals surface area contributed by atoms with E-state index in [1.807, 2.05) is 41.6 Å². The fraction of sp³-hybridized carbons (Fsp3) is 0.154. The summed E-state index contributed by atoms with van der Waals surface area (Å²) in [4.78, 5) is 22.7. The monoisotopic (exact) mass is 513 g/mol. The maximum Gasteiger partial charge on any atom is 0.309 e. The standard InChI is InChI=1S/C26H20FN7O2S/c1-3-19-25(33(2)26-30-24(21(13-28)37-26)15-4-7-17(27)8-5-15)34-14-16(6-11-22(34)29-19)20-10-9-18(31-32-20)12-23(35)36/h4-11,14H,3,12H2,1-2H3,(H,35,36). The number of carboxylic acid groups (broad SMARTS) is 1. The Bertz CT molecular complexity index is 1650. The molecule has 4 aromatic heterocycles. The molecule has 0 fully saturated rings. The second kappa shape index (κ2) is 9.75. The molecule has 9 nitrogen and oxygen atoms in total. The minimum atomic E-state index is -0.967. The first kappa shape index (κ1) is 24.0. The molecule has 0 radical (unpaired) electrons. The number of aryl methyl sites for hydroxylation is 1. The smallest absolute Gasteiger partial charge is 0.309 e. The Balaban J connectivity index is 1.56. The summed E-state index contributed by atoms with van der Waals surface area (Å²) in [5.41, 5.74) is 4.49. The molecule has 0 saturated heterocycles. The number of benzene rings is 1. The topological polar surface area (TPSA) is 120 Å². The van der Waals surface area contributed by atoms with Crippen LogP contribution in [0.2, 0.25) is 0 Å². The van der Waals surface area contributed by atoms with Gasteiger partial charge in [0.05, 0.1) is 23.5 Å². The SMILES string of the molecule is CCc1nc2ccc(-c3ccc(CC(=O)O)nn3)cn2c1N(C)c1nc(-c2ccc(F)cc2)c(C#N)s1. The number of thiazole rings is 1. The van der Waals surface area contributed by atoms with Gasteiger partial charge in [0.2, 0.25) is 0 Å². The van der Waals surface area contributed by atoms with Gasteiger partial charge in [0.1, 0.15) is 33.9 Å². The van der Waals surface area contributed by atoms with E-state index in [1.54, 1.807) is 24.3 Å². The molecule has 0 saturated carbocycles. The Morgan fingerprint density at radius 1 is 1.11 bits per heavy atom. The molecule has 0 aliphatic carbocycles. The van der Waals surface area contributed by atoms with Crippen LogP contribution < -0.4 is 4.90 Å². The van der Waals surface area contributed by atoms with Crippen molar-refractivity contribution in [2.24, 2.45) is 0 Å². The van der Waals surface area contributed by atoms with Crippen LogP contribution in [0.3, 0.4) is 0 Å².